The van der Waals surface area contributed by atoms with Crippen molar-refractivity contribution in [3.05, 3.63) is 65.7 Å². The minimum atomic E-state index is -0.331. The molecule has 0 spiro atoms. The van der Waals surface area contributed by atoms with Crippen molar-refractivity contribution in [3.63, 3.8) is 0 Å². The highest BCUT2D eigenvalue weighted by Crippen LogP contribution is 2.23. The first-order valence-corrected chi connectivity index (χ1v) is 10.0. The highest BCUT2D eigenvalue weighted by Gasteiger charge is 2.34. The summed E-state index contributed by atoms with van der Waals surface area (Å²) in [5.74, 6) is 0.0834. The summed E-state index contributed by atoms with van der Waals surface area (Å²) in [5.41, 5.74) is 2.83. The first-order chi connectivity index (χ1) is 13.7. The van der Waals surface area contributed by atoms with E-state index in [1.165, 1.54) is 0 Å². The van der Waals surface area contributed by atoms with Crippen LogP contribution in [0.1, 0.15) is 28.8 Å². The Balaban J connectivity index is 1.40. The fourth-order valence-electron chi connectivity index (χ4n) is 4.05. The Kier molecular flexibility index (Phi) is 5.72. The van der Waals surface area contributed by atoms with E-state index < -0.39 is 0 Å². The van der Waals surface area contributed by atoms with Crippen LogP contribution in [0.2, 0.25) is 0 Å². The van der Waals surface area contributed by atoms with E-state index in [-0.39, 0.29) is 17.7 Å². The lowest BCUT2D eigenvalue weighted by atomic mass is 10.0. The molecule has 2 aromatic rings. The van der Waals surface area contributed by atoms with Crippen molar-refractivity contribution in [1.29, 1.82) is 0 Å². The monoisotopic (exact) mass is 378 g/mol. The maximum absolute atomic E-state index is 12.9. The second-order valence-corrected chi connectivity index (χ2v) is 7.42. The van der Waals surface area contributed by atoms with Gasteiger partial charge in [0.15, 0.2) is 5.78 Å². The molecule has 0 radical (unpaired) electrons. The van der Waals surface area contributed by atoms with Crippen LogP contribution < -0.4 is 4.90 Å². The first-order valence-electron chi connectivity index (χ1n) is 10.0. The van der Waals surface area contributed by atoms with Gasteiger partial charge >= 0.3 is 0 Å². The number of carbonyl (C=O) groups is 2. The molecule has 1 atom stereocenters. The average Bonchev–Trinajstić information content (AvgIpc) is 3.25. The number of carbonyl (C=O) groups excluding carboxylic acids is 2. The summed E-state index contributed by atoms with van der Waals surface area (Å²) in [6, 6.07) is 17.1. The molecule has 2 heterocycles. The number of Topliss-reactive ketones (excluding diaryl/α,β-unsaturated/α-hetero) is 1. The summed E-state index contributed by atoms with van der Waals surface area (Å²) in [6.45, 7) is 3.97. The molecule has 2 aliphatic heterocycles. The van der Waals surface area contributed by atoms with Gasteiger partial charge < -0.3 is 14.5 Å². The lowest BCUT2D eigenvalue weighted by Gasteiger charge is -2.29. The molecule has 2 saturated heterocycles. The Labute approximate surface area is 165 Å². The molecule has 0 aliphatic carbocycles. The number of nitrogens with zero attached hydrogens (tertiary/aromatic N) is 2. The van der Waals surface area contributed by atoms with Crippen LogP contribution in [0.5, 0.6) is 0 Å². The van der Waals surface area contributed by atoms with Crippen molar-refractivity contribution in [2.45, 2.75) is 25.3 Å². The molecule has 5 heteroatoms. The molecular formula is C23H26N2O3. The molecule has 2 fully saturated rings. The largest absolute Gasteiger partial charge is 0.378 e. The zero-order chi connectivity index (χ0) is 19.3. The highest BCUT2D eigenvalue weighted by atomic mass is 16.5. The van der Waals surface area contributed by atoms with Gasteiger partial charge in [-0.1, -0.05) is 42.5 Å². The third kappa shape index (κ3) is 4.09. The van der Waals surface area contributed by atoms with Crippen molar-refractivity contribution in [2.75, 3.05) is 37.7 Å². The van der Waals surface area contributed by atoms with Gasteiger partial charge in [0.05, 0.1) is 25.7 Å². The number of rotatable bonds is 5. The van der Waals surface area contributed by atoms with Crippen LogP contribution in [0.15, 0.2) is 54.6 Å². The molecule has 2 aromatic carbocycles. The Hall–Kier alpha value is -2.66. The van der Waals surface area contributed by atoms with Gasteiger partial charge in [0, 0.05) is 30.9 Å². The molecule has 0 N–H and O–H groups in total. The van der Waals surface area contributed by atoms with E-state index in [4.69, 9.17) is 4.74 Å². The molecule has 1 amide bonds. The van der Waals surface area contributed by atoms with Gasteiger partial charge in [-0.25, -0.2) is 0 Å². The van der Waals surface area contributed by atoms with Gasteiger partial charge in [-0.2, -0.15) is 0 Å². The van der Waals surface area contributed by atoms with Crippen molar-refractivity contribution in [3.8, 4) is 0 Å². The van der Waals surface area contributed by atoms with Crippen LogP contribution in [0, 0.1) is 0 Å². The molecule has 5 nitrogen and oxygen atoms in total. The van der Waals surface area contributed by atoms with Crippen LogP contribution in [-0.4, -0.2) is 55.5 Å². The number of ether oxygens (including phenoxy) is 1. The third-order valence-corrected chi connectivity index (χ3v) is 5.60. The molecular weight excluding hydrogens is 352 g/mol. The minimum absolute atomic E-state index is 0.0332. The van der Waals surface area contributed by atoms with Crippen LogP contribution in [0.25, 0.3) is 0 Å². The predicted molar refractivity (Wildman–Crippen MR) is 109 cm³/mol. The summed E-state index contributed by atoms with van der Waals surface area (Å²) >= 11 is 0. The van der Waals surface area contributed by atoms with Crippen LogP contribution in [0.4, 0.5) is 5.69 Å². The molecule has 0 aromatic heterocycles. The minimum Gasteiger partial charge on any atom is -0.378 e. The summed E-state index contributed by atoms with van der Waals surface area (Å²) in [6.07, 6.45) is 1.96. The van der Waals surface area contributed by atoms with E-state index in [0.29, 0.717) is 18.5 Å². The summed E-state index contributed by atoms with van der Waals surface area (Å²) in [7, 11) is 0. The number of ketones is 1. The maximum Gasteiger partial charge on any atom is 0.227 e. The van der Waals surface area contributed by atoms with Crippen LogP contribution in [-0.2, 0) is 16.0 Å². The van der Waals surface area contributed by atoms with E-state index in [0.717, 1.165) is 50.4 Å². The zero-order valence-corrected chi connectivity index (χ0v) is 16.0. The molecule has 4 rings (SSSR count). The number of hydrogen-bond donors (Lipinski definition) is 0. The molecule has 146 valence electrons. The molecule has 0 bridgehead atoms. The number of hydrogen-bond acceptors (Lipinski definition) is 4. The van der Waals surface area contributed by atoms with E-state index in [1.54, 1.807) is 4.90 Å². The molecule has 1 unspecified atom stereocenters. The Morgan fingerprint density at radius 3 is 2.36 bits per heavy atom. The Morgan fingerprint density at radius 2 is 1.64 bits per heavy atom. The Bertz CT molecular complexity index is 814. The molecule has 0 saturated carbocycles. The average molecular weight is 378 g/mol. The van der Waals surface area contributed by atoms with E-state index >= 15 is 0 Å². The summed E-state index contributed by atoms with van der Waals surface area (Å²) in [5, 5.41) is 0. The van der Waals surface area contributed by atoms with Gasteiger partial charge in [0.1, 0.15) is 0 Å². The Morgan fingerprint density at radius 1 is 0.929 bits per heavy atom. The van der Waals surface area contributed by atoms with Crippen molar-refractivity contribution in [1.82, 2.24) is 4.90 Å². The number of anilines is 1. The highest BCUT2D eigenvalue weighted by molar-refractivity contribution is 6.02. The fourth-order valence-corrected chi connectivity index (χ4v) is 4.05. The first kappa shape index (κ1) is 18.7. The van der Waals surface area contributed by atoms with Crippen LogP contribution in [0.3, 0.4) is 0 Å². The molecule has 2 aliphatic rings. The van der Waals surface area contributed by atoms with Gasteiger partial charge in [-0.05, 0) is 30.5 Å². The quantitative estimate of drug-likeness (QED) is 0.751. The van der Waals surface area contributed by atoms with E-state index in [9.17, 15) is 9.59 Å². The van der Waals surface area contributed by atoms with Crippen molar-refractivity contribution < 1.29 is 14.3 Å². The second-order valence-electron chi connectivity index (χ2n) is 7.42. The zero-order valence-electron chi connectivity index (χ0n) is 16.0. The smallest absolute Gasteiger partial charge is 0.227 e. The van der Waals surface area contributed by atoms with Crippen molar-refractivity contribution in [2.24, 2.45) is 0 Å². The summed E-state index contributed by atoms with van der Waals surface area (Å²) in [4.78, 5) is 29.8. The van der Waals surface area contributed by atoms with Crippen LogP contribution >= 0.6 is 0 Å². The lowest BCUT2D eigenvalue weighted by molar-refractivity contribution is -0.130. The van der Waals surface area contributed by atoms with Gasteiger partial charge in [0.2, 0.25) is 5.91 Å². The number of amides is 1. The second kappa shape index (κ2) is 8.57. The van der Waals surface area contributed by atoms with Gasteiger partial charge in [0.25, 0.3) is 0 Å². The number of benzene rings is 2. The SMILES string of the molecule is O=C(c1ccccc1)C1CCCN1C(=O)Cc1ccc(N2CCOCC2)cc1. The van der Waals surface area contributed by atoms with Gasteiger partial charge in [-0.3, -0.25) is 9.59 Å². The standard InChI is InChI=1S/C23H26N2O3/c26-22(17-18-8-10-20(11-9-18)24-13-15-28-16-14-24)25-12-4-7-21(25)23(27)19-5-2-1-3-6-19/h1-3,5-6,8-11,21H,4,7,12-17H2. The van der Waals surface area contributed by atoms with E-state index in [1.807, 2.05) is 42.5 Å². The lowest BCUT2D eigenvalue weighted by Crippen LogP contribution is -2.41. The van der Waals surface area contributed by atoms with Gasteiger partial charge in [-0.15, -0.1) is 0 Å². The fraction of sp³-hybridized carbons (Fsp3) is 0.391. The summed E-state index contributed by atoms with van der Waals surface area (Å²) < 4.78 is 5.40. The van der Waals surface area contributed by atoms with Crippen molar-refractivity contribution >= 4 is 17.4 Å². The normalized spacial score (nSPS) is 19.6. The number of morpholine rings is 1. The number of likely N-dealkylation sites (tertiary alicyclic amines) is 1. The van der Waals surface area contributed by atoms with E-state index in [2.05, 4.69) is 17.0 Å². The third-order valence-electron chi connectivity index (χ3n) is 5.60. The predicted octanol–water partition coefficient (Wildman–Crippen LogP) is 2.94. The molecule has 28 heavy (non-hydrogen) atoms. The topological polar surface area (TPSA) is 49.9 Å². The maximum atomic E-state index is 12.9.